The Balaban J connectivity index is 1.43. The number of nitrogens with zero attached hydrogens (tertiary/aromatic N) is 4. The maximum absolute atomic E-state index is 13.4. The Hall–Kier alpha value is -3.40. The number of hydrogen-bond donors (Lipinski definition) is 0. The van der Waals surface area contributed by atoms with E-state index in [1.807, 2.05) is 49.9 Å². The first-order valence-electron chi connectivity index (χ1n) is 11.5. The summed E-state index contributed by atoms with van der Waals surface area (Å²) in [7, 11) is 0. The van der Waals surface area contributed by atoms with E-state index in [0.717, 1.165) is 36.8 Å². The third-order valence-corrected chi connectivity index (χ3v) is 6.02. The van der Waals surface area contributed by atoms with Crippen molar-refractivity contribution in [2.45, 2.75) is 64.1 Å². The van der Waals surface area contributed by atoms with Crippen molar-refractivity contribution in [3.05, 3.63) is 53.9 Å². The van der Waals surface area contributed by atoms with Gasteiger partial charge in [-0.05, 0) is 70.2 Å². The number of likely N-dealkylation sites (tertiary alicyclic amines) is 1. The minimum absolute atomic E-state index is 0.0451. The number of carbonyl (C=O) groups is 2. The number of ether oxygens (including phenoxy) is 1. The van der Waals surface area contributed by atoms with Gasteiger partial charge in [-0.3, -0.25) is 9.78 Å². The molecule has 1 aromatic carbocycles. The molecule has 1 saturated carbocycles. The summed E-state index contributed by atoms with van der Waals surface area (Å²) in [4.78, 5) is 33.7. The van der Waals surface area contributed by atoms with Gasteiger partial charge in [0.25, 0.3) is 5.91 Å². The van der Waals surface area contributed by atoms with Gasteiger partial charge in [0.1, 0.15) is 11.7 Å². The molecule has 2 amide bonds. The number of pyridine rings is 1. The van der Waals surface area contributed by atoms with Crippen molar-refractivity contribution in [1.82, 2.24) is 14.8 Å². The highest BCUT2D eigenvalue weighted by Crippen LogP contribution is 2.34. The third kappa shape index (κ3) is 5.51. The molecule has 7 heteroatoms. The van der Waals surface area contributed by atoms with Gasteiger partial charge in [0.05, 0.1) is 5.56 Å². The van der Waals surface area contributed by atoms with Crippen LogP contribution in [-0.2, 0) is 4.74 Å². The zero-order chi connectivity index (χ0) is 23.6. The average Bonchev–Trinajstić information content (AvgIpc) is 3.64. The zero-order valence-corrected chi connectivity index (χ0v) is 19.5. The molecule has 4 rings (SSSR count). The summed E-state index contributed by atoms with van der Waals surface area (Å²) in [5, 5.41) is 9.10. The molecule has 0 spiro atoms. The summed E-state index contributed by atoms with van der Waals surface area (Å²) >= 11 is 0. The molecule has 1 aliphatic carbocycles. The van der Waals surface area contributed by atoms with Gasteiger partial charge in [0, 0.05) is 48.7 Å². The minimum Gasteiger partial charge on any atom is -0.444 e. The van der Waals surface area contributed by atoms with Crippen LogP contribution in [0.25, 0.3) is 11.1 Å². The second kappa shape index (κ2) is 9.22. The van der Waals surface area contributed by atoms with Gasteiger partial charge in [0.2, 0.25) is 0 Å². The number of amides is 2. The fourth-order valence-corrected chi connectivity index (χ4v) is 4.25. The topological polar surface area (TPSA) is 86.5 Å². The second-order valence-electron chi connectivity index (χ2n) is 9.79. The van der Waals surface area contributed by atoms with Gasteiger partial charge in [0.15, 0.2) is 0 Å². The van der Waals surface area contributed by atoms with Gasteiger partial charge < -0.3 is 14.5 Å². The Bertz CT molecular complexity index is 1060. The zero-order valence-electron chi connectivity index (χ0n) is 19.5. The van der Waals surface area contributed by atoms with E-state index < -0.39 is 5.60 Å². The van der Waals surface area contributed by atoms with Crippen LogP contribution in [0, 0.1) is 11.3 Å². The van der Waals surface area contributed by atoms with Crippen LogP contribution in [0.5, 0.6) is 0 Å². The normalized spacial score (nSPS) is 16.7. The van der Waals surface area contributed by atoms with Crippen LogP contribution in [-0.4, -0.2) is 57.6 Å². The lowest BCUT2D eigenvalue weighted by Crippen LogP contribution is -2.50. The van der Waals surface area contributed by atoms with Crippen molar-refractivity contribution in [3.8, 4) is 17.2 Å². The highest BCUT2D eigenvalue weighted by Gasteiger charge is 2.39. The molecule has 2 aromatic rings. The van der Waals surface area contributed by atoms with E-state index in [9.17, 15) is 9.59 Å². The number of aromatic nitrogens is 1. The number of carbonyl (C=O) groups excluding carboxylic acids is 2. The Morgan fingerprint density at radius 1 is 1.03 bits per heavy atom. The molecule has 1 aromatic heterocycles. The van der Waals surface area contributed by atoms with Crippen LogP contribution in [0.2, 0.25) is 0 Å². The van der Waals surface area contributed by atoms with Crippen molar-refractivity contribution in [1.29, 1.82) is 5.26 Å². The fourth-order valence-electron chi connectivity index (χ4n) is 4.25. The van der Waals surface area contributed by atoms with Crippen molar-refractivity contribution in [2.75, 3.05) is 13.1 Å². The summed E-state index contributed by atoms with van der Waals surface area (Å²) < 4.78 is 5.50. The lowest BCUT2D eigenvalue weighted by Gasteiger charge is -2.39. The highest BCUT2D eigenvalue weighted by atomic mass is 16.6. The van der Waals surface area contributed by atoms with Gasteiger partial charge in [-0.25, -0.2) is 4.79 Å². The van der Waals surface area contributed by atoms with Crippen molar-refractivity contribution in [3.63, 3.8) is 0 Å². The van der Waals surface area contributed by atoms with E-state index >= 15 is 0 Å². The van der Waals surface area contributed by atoms with Crippen LogP contribution >= 0.6 is 0 Å². The number of benzene rings is 1. The molecule has 1 saturated heterocycles. The van der Waals surface area contributed by atoms with Crippen LogP contribution < -0.4 is 0 Å². The van der Waals surface area contributed by atoms with E-state index in [1.54, 1.807) is 17.2 Å². The molecule has 2 heterocycles. The molecule has 0 atom stereocenters. The first-order chi connectivity index (χ1) is 15.7. The monoisotopic (exact) mass is 446 g/mol. The van der Waals surface area contributed by atoms with Gasteiger partial charge in [-0.15, -0.1) is 0 Å². The molecule has 33 heavy (non-hydrogen) atoms. The number of nitriles is 1. The fraction of sp³-hybridized carbons (Fsp3) is 0.462. The summed E-state index contributed by atoms with van der Waals surface area (Å²) in [5.74, 6) is 0.0451. The van der Waals surface area contributed by atoms with Crippen LogP contribution in [0.15, 0.2) is 42.7 Å². The summed E-state index contributed by atoms with van der Waals surface area (Å²) in [6.07, 6.45) is 6.54. The average molecular weight is 447 g/mol. The molecular weight excluding hydrogens is 416 g/mol. The molecule has 0 unspecified atom stereocenters. The molecule has 7 nitrogen and oxygen atoms in total. The molecule has 2 aliphatic rings. The maximum Gasteiger partial charge on any atom is 0.410 e. The Kier molecular flexibility index (Phi) is 6.37. The molecule has 0 bridgehead atoms. The van der Waals surface area contributed by atoms with E-state index in [-0.39, 0.29) is 24.1 Å². The summed E-state index contributed by atoms with van der Waals surface area (Å²) in [6, 6.07) is 11.8. The van der Waals surface area contributed by atoms with E-state index in [2.05, 4.69) is 11.1 Å². The highest BCUT2D eigenvalue weighted by molar-refractivity contribution is 5.95. The quantitative estimate of drug-likeness (QED) is 0.684. The summed E-state index contributed by atoms with van der Waals surface area (Å²) in [6.45, 7) is 6.79. The maximum atomic E-state index is 13.4. The predicted octanol–water partition coefficient (Wildman–Crippen LogP) is 4.62. The molecule has 2 fully saturated rings. The molecule has 0 radical (unpaired) electrons. The van der Waals surface area contributed by atoms with Crippen LogP contribution in [0.1, 0.15) is 62.4 Å². The SMILES string of the molecule is CC(C)(C)OC(=O)N1CCC(N(C(=O)c2ccc(-c3cncc(C#N)c3)cc2)C2CC2)CC1. The Morgan fingerprint density at radius 3 is 2.24 bits per heavy atom. The second-order valence-corrected chi connectivity index (χ2v) is 9.79. The third-order valence-electron chi connectivity index (χ3n) is 6.02. The molecule has 1 aliphatic heterocycles. The first-order valence-corrected chi connectivity index (χ1v) is 11.5. The Labute approximate surface area is 195 Å². The molecule has 172 valence electrons. The summed E-state index contributed by atoms with van der Waals surface area (Å²) in [5.41, 5.74) is 2.42. The Morgan fingerprint density at radius 2 is 1.67 bits per heavy atom. The number of hydrogen-bond acceptors (Lipinski definition) is 5. The van der Waals surface area contributed by atoms with E-state index in [4.69, 9.17) is 10.00 Å². The first kappa shape index (κ1) is 22.8. The van der Waals surface area contributed by atoms with Crippen LogP contribution in [0.4, 0.5) is 4.79 Å². The van der Waals surface area contributed by atoms with Gasteiger partial charge >= 0.3 is 6.09 Å². The van der Waals surface area contributed by atoms with Crippen molar-refractivity contribution >= 4 is 12.0 Å². The minimum atomic E-state index is -0.512. The van der Waals surface area contributed by atoms with Crippen molar-refractivity contribution < 1.29 is 14.3 Å². The van der Waals surface area contributed by atoms with Crippen molar-refractivity contribution in [2.24, 2.45) is 0 Å². The van der Waals surface area contributed by atoms with E-state index in [1.165, 1.54) is 6.20 Å². The van der Waals surface area contributed by atoms with E-state index in [0.29, 0.717) is 24.2 Å². The lowest BCUT2D eigenvalue weighted by atomic mass is 10.0. The largest absolute Gasteiger partial charge is 0.444 e. The number of piperidine rings is 1. The predicted molar refractivity (Wildman–Crippen MR) is 124 cm³/mol. The van der Waals surface area contributed by atoms with Gasteiger partial charge in [-0.1, -0.05) is 12.1 Å². The smallest absolute Gasteiger partial charge is 0.410 e. The lowest BCUT2D eigenvalue weighted by molar-refractivity contribution is 0.0142. The standard InChI is InChI=1S/C26H30N4O3/c1-26(2,3)33-25(32)29-12-10-23(11-13-29)30(22-8-9-22)24(31)20-6-4-19(5-7-20)21-14-18(15-27)16-28-17-21/h4-7,14,16-17,22-23H,8-13H2,1-3H3. The number of rotatable bonds is 4. The van der Waals surface area contributed by atoms with Crippen LogP contribution in [0.3, 0.4) is 0 Å². The van der Waals surface area contributed by atoms with Gasteiger partial charge in [-0.2, -0.15) is 5.26 Å². The molecule has 0 N–H and O–H groups in total. The molecular formula is C26H30N4O3.